The number of carboxylic acid groups (broad SMARTS) is 2. The molecule has 8 heteroatoms. The molecule has 2 N–H and O–H groups in total. The summed E-state index contributed by atoms with van der Waals surface area (Å²) in [5.74, 6) is -0.00746. The van der Waals surface area contributed by atoms with E-state index in [-0.39, 0.29) is 0 Å². The normalized spacial score (nSPS) is 18.9. The first-order valence-corrected chi connectivity index (χ1v) is 11.6. The Bertz CT molecular complexity index is 1030. The Hall–Kier alpha value is -3.52. The number of aliphatic carboxylic acids is 2. The third-order valence-corrected chi connectivity index (χ3v) is 6.51. The van der Waals surface area contributed by atoms with Crippen molar-refractivity contribution in [2.45, 2.75) is 25.2 Å². The van der Waals surface area contributed by atoms with Gasteiger partial charge in [-0.1, -0.05) is 24.3 Å². The molecule has 1 saturated heterocycles. The Morgan fingerprint density at radius 2 is 1.65 bits per heavy atom. The zero-order chi connectivity index (χ0) is 23.9. The van der Waals surface area contributed by atoms with Crippen molar-refractivity contribution in [1.29, 1.82) is 0 Å². The maximum absolute atomic E-state index is 9.55. The van der Waals surface area contributed by atoms with E-state index in [1.807, 2.05) is 6.07 Å². The molecule has 0 spiro atoms. The van der Waals surface area contributed by atoms with Crippen LogP contribution in [0.5, 0.6) is 11.5 Å². The van der Waals surface area contributed by atoms with Gasteiger partial charge in [-0.05, 0) is 55.0 Å². The predicted octanol–water partition coefficient (Wildman–Crippen LogP) is 3.37. The Morgan fingerprint density at radius 3 is 2.38 bits per heavy atom. The Balaban J connectivity index is 0.000000297. The molecule has 0 radical (unpaired) electrons. The van der Waals surface area contributed by atoms with E-state index in [0.717, 1.165) is 43.6 Å². The molecule has 1 unspecified atom stereocenters. The number of hydrogen-bond acceptors (Lipinski definition) is 6. The minimum Gasteiger partial charge on any atom is -0.478 e. The van der Waals surface area contributed by atoms with Crippen molar-refractivity contribution in [1.82, 2.24) is 4.90 Å². The van der Waals surface area contributed by atoms with Crippen molar-refractivity contribution in [3.63, 3.8) is 0 Å². The summed E-state index contributed by atoms with van der Waals surface area (Å²) in [5, 5.41) is 15.6. The Kier molecular flexibility index (Phi) is 7.69. The van der Waals surface area contributed by atoms with E-state index in [4.69, 9.17) is 19.7 Å². The molecule has 0 amide bonds. The van der Waals surface area contributed by atoms with Crippen molar-refractivity contribution < 1.29 is 29.3 Å². The molecule has 2 heterocycles. The van der Waals surface area contributed by atoms with Gasteiger partial charge in [0.05, 0.1) is 0 Å². The van der Waals surface area contributed by atoms with E-state index >= 15 is 0 Å². The second kappa shape index (κ2) is 11.1. The average Bonchev–Trinajstić information content (AvgIpc) is 3.49. The summed E-state index contributed by atoms with van der Waals surface area (Å²) in [6.07, 6.45) is 5.00. The summed E-state index contributed by atoms with van der Waals surface area (Å²) in [6.45, 7) is 6.01. The lowest BCUT2D eigenvalue weighted by molar-refractivity contribution is -0.134. The molecule has 1 atom stereocenters. The smallest absolute Gasteiger partial charge is 0.328 e. The summed E-state index contributed by atoms with van der Waals surface area (Å²) < 4.78 is 10.9. The predicted molar refractivity (Wildman–Crippen MR) is 128 cm³/mol. The van der Waals surface area contributed by atoms with Gasteiger partial charge in [0.1, 0.15) is 0 Å². The highest BCUT2D eigenvalue weighted by atomic mass is 16.7. The maximum Gasteiger partial charge on any atom is 0.328 e. The highest BCUT2D eigenvalue weighted by molar-refractivity contribution is 5.89. The number of aryl methyl sites for hydroxylation is 1. The van der Waals surface area contributed by atoms with Crippen LogP contribution >= 0.6 is 0 Å². The Morgan fingerprint density at radius 1 is 0.941 bits per heavy atom. The fourth-order valence-corrected chi connectivity index (χ4v) is 4.74. The molecular formula is C26H30N2O6. The van der Waals surface area contributed by atoms with Crippen LogP contribution in [-0.4, -0.2) is 66.6 Å². The van der Waals surface area contributed by atoms with Crippen LogP contribution in [0, 0.1) is 0 Å². The van der Waals surface area contributed by atoms with Crippen LogP contribution in [0.2, 0.25) is 0 Å². The van der Waals surface area contributed by atoms with E-state index in [2.05, 4.69) is 46.2 Å². The molecule has 2 aliphatic heterocycles. The SMILES string of the molecule is O=C(O)C=CC(=O)O.c1ccc2c(c1)CCC2CCN1CCN(c2ccc3c(c2)OCO3)CC1. The molecule has 8 nitrogen and oxygen atoms in total. The average molecular weight is 467 g/mol. The minimum atomic E-state index is -1.26. The highest BCUT2D eigenvalue weighted by Crippen LogP contribution is 2.37. The molecule has 3 aliphatic rings. The topological polar surface area (TPSA) is 99.5 Å². The molecule has 34 heavy (non-hydrogen) atoms. The summed E-state index contributed by atoms with van der Waals surface area (Å²) in [7, 11) is 0. The van der Waals surface area contributed by atoms with Crippen molar-refractivity contribution in [2.24, 2.45) is 0 Å². The summed E-state index contributed by atoms with van der Waals surface area (Å²) in [6, 6.07) is 15.3. The second-order valence-electron chi connectivity index (χ2n) is 8.60. The van der Waals surface area contributed by atoms with Gasteiger partial charge in [-0.25, -0.2) is 9.59 Å². The van der Waals surface area contributed by atoms with Gasteiger partial charge in [-0.2, -0.15) is 0 Å². The van der Waals surface area contributed by atoms with Gasteiger partial charge in [0.2, 0.25) is 6.79 Å². The van der Waals surface area contributed by atoms with Gasteiger partial charge < -0.3 is 24.6 Å². The van der Waals surface area contributed by atoms with E-state index in [9.17, 15) is 9.59 Å². The number of anilines is 1. The number of carboxylic acids is 2. The molecule has 0 saturated carbocycles. The zero-order valence-electron chi connectivity index (χ0n) is 19.1. The number of carbonyl (C=O) groups is 2. The number of rotatable bonds is 6. The quantitative estimate of drug-likeness (QED) is 0.626. The van der Waals surface area contributed by atoms with E-state index in [0.29, 0.717) is 18.9 Å². The van der Waals surface area contributed by atoms with Crippen LogP contribution in [0.1, 0.15) is 29.9 Å². The van der Waals surface area contributed by atoms with Crippen molar-refractivity contribution in [3.05, 3.63) is 65.7 Å². The molecule has 1 aliphatic carbocycles. The molecule has 1 fully saturated rings. The lowest BCUT2D eigenvalue weighted by Crippen LogP contribution is -2.46. The first kappa shape index (κ1) is 23.6. The molecule has 5 rings (SSSR count). The summed E-state index contributed by atoms with van der Waals surface area (Å²) >= 11 is 0. The second-order valence-corrected chi connectivity index (χ2v) is 8.60. The van der Waals surface area contributed by atoms with Gasteiger partial charge in [0.25, 0.3) is 0 Å². The molecule has 2 aromatic carbocycles. The van der Waals surface area contributed by atoms with E-state index in [1.165, 1.54) is 31.5 Å². The Labute approximate surface area is 199 Å². The summed E-state index contributed by atoms with van der Waals surface area (Å²) in [5.41, 5.74) is 4.43. The lowest BCUT2D eigenvalue weighted by atomic mass is 9.97. The highest BCUT2D eigenvalue weighted by Gasteiger charge is 2.24. The van der Waals surface area contributed by atoms with Gasteiger partial charge in [0, 0.05) is 50.1 Å². The molecular weight excluding hydrogens is 436 g/mol. The first-order chi connectivity index (χ1) is 16.5. The van der Waals surface area contributed by atoms with Crippen LogP contribution in [0.25, 0.3) is 0 Å². The molecule has 2 aromatic rings. The number of ether oxygens (including phenoxy) is 2. The number of benzene rings is 2. The molecule has 0 aromatic heterocycles. The van der Waals surface area contributed by atoms with Crippen LogP contribution in [-0.2, 0) is 16.0 Å². The minimum absolute atomic E-state index is 0.344. The fraction of sp³-hybridized carbons (Fsp3) is 0.385. The third kappa shape index (κ3) is 6.08. The van der Waals surface area contributed by atoms with Gasteiger partial charge in [0.15, 0.2) is 11.5 Å². The number of nitrogens with zero attached hydrogens (tertiary/aromatic N) is 2. The zero-order valence-corrected chi connectivity index (χ0v) is 19.1. The first-order valence-electron chi connectivity index (χ1n) is 11.6. The largest absolute Gasteiger partial charge is 0.478 e. The monoisotopic (exact) mass is 466 g/mol. The van der Waals surface area contributed by atoms with Crippen LogP contribution in [0.4, 0.5) is 5.69 Å². The fourth-order valence-electron chi connectivity index (χ4n) is 4.74. The number of piperazine rings is 1. The van der Waals surface area contributed by atoms with Gasteiger partial charge >= 0.3 is 11.9 Å². The molecule has 180 valence electrons. The van der Waals surface area contributed by atoms with Crippen molar-refractivity contribution in [3.8, 4) is 11.5 Å². The van der Waals surface area contributed by atoms with Crippen LogP contribution in [0.3, 0.4) is 0 Å². The third-order valence-electron chi connectivity index (χ3n) is 6.51. The van der Waals surface area contributed by atoms with Gasteiger partial charge in [-0.15, -0.1) is 0 Å². The lowest BCUT2D eigenvalue weighted by Gasteiger charge is -2.36. The summed E-state index contributed by atoms with van der Waals surface area (Å²) in [4.78, 5) is 24.2. The van der Waals surface area contributed by atoms with Crippen molar-refractivity contribution >= 4 is 17.6 Å². The standard InChI is InChI=1S/C22H26N2O2.C4H4O4/c1-2-4-20-17(3-1)5-6-18(20)9-10-23-11-13-24(14-12-23)19-7-8-21-22(15-19)26-16-25-21;5-3(6)1-2-4(7)8/h1-4,7-8,15,18H,5-6,9-14,16H2;1-2H,(H,5,6)(H,7,8). The van der Waals surface area contributed by atoms with E-state index in [1.54, 1.807) is 11.1 Å². The van der Waals surface area contributed by atoms with Crippen LogP contribution < -0.4 is 14.4 Å². The molecule has 0 bridgehead atoms. The van der Waals surface area contributed by atoms with Crippen LogP contribution in [0.15, 0.2) is 54.6 Å². The van der Waals surface area contributed by atoms with Crippen molar-refractivity contribution in [2.75, 3.05) is 44.4 Å². The number of hydrogen-bond donors (Lipinski definition) is 2. The number of fused-ring (bicyclic) bond motifs is 2. The van der Waals surface area contributed by atoms with E-state index < -0.39 is 11.9 Å². The maximum atomic E-state index is 9.55. The van der Waals surface area contributed by atoms with Gasteiger partial charge in [-0.3, -0.25) is 4.90 Å².